The smallest absolute Gasteiger partial charge is 0.220 e. The number of nitrogens with one attached hydrogen (secondary N) is 1. The third-order valence-corrected chi connectivity index (χ3v) is 6.25. The lowest BCUT2D eigenvalue weighted by Gasteiger charge is -2.33. The fourth-order valence-electron chi connectivity index (χ4n) is 4.22. The first-order valence-corrected chi connectivity index (χ1v) is 11.5. The fraction of sp³-hybridized carbons (Fsp3) is 0.519. The summed E-state index contributed by atoms with van der Waals surface area (Å²) in [4.78, 5) is 14.9. The molecule has 0 saturated carbocycles. The fourth-order valence-corrected chi connectivity index (χ4v) is 4.22. The van der Waals surface area contributed by atoms with Crippen molar-refractivity contribution in [3.05, 3.63) is 65.2 Å². The van der Waals surface area contributed by atoms with E-state index in [2.05, 4.69) is 93.4 Å². The molecule has 1 N–H and O–H groups in total. The summed E-state index contributed by atoms with van der Waals surface area (Å²) in [5.41, 5.74) is 5.15. The zero-order valence-corrected chi connectivity index (χ0v) is 19.4. The number of carbonyl (C=O) groups excluding carboxylic acids is 1. The number of anilines is 1. The van der Waals surface area contributed by atoms with Crippen LogP contribution in [0.1, 0.15) is 76.6 Å². The van der Waals surface area contributed by atoms with Gasteiger partial charge in [-0.2, -0.15) is 0 Å². The molecule has 0 spiro atoms. The maximum absolute atomic E-state index is 12.5. The average Bonchev–Trinajstić information content (AvgIpc) is 2.72. The van der Waals surface area contributed by atoms with Crippen molar-refractivity contribution in [2.75, 3.05) is 18.0 Å². The van der Waals surface area contributed by atoms with Crippen molar-refractivity contribution in [1.29, 1.82) is 0 Å². The first kappa shape index (κ1) is 22.4. The van der Waals surface area contributed by atoms with E-state index in [1.165, 1.54) is 29.7 Å². The first-order valence-electron chi connectivity index (χ1n) is 11.5. The number of amides is 1. The highest BCUT2D eigenvalue weighted by Gasteiger charge is 2.17. The van der Waals surface area contributed by atoms with Gasteiger partial charge in [-0.05, 0) is 66.3 Å². The third-order valence-electron chi connectivity index (χ3n) is 6.25. The van der Waals surface area contributed by atoms with Crippen LogP contribution in [0.2, 0.25) is 0 Å². The van der Waals surface area contributed by atoms with Crippen molar-refractivity contribution in [1.82, 2.24) is 5.32 Å². The molecule has 3 nitrogen and oxygen atoms in total. The van der Waals surface area contributed by atoms with E-state index in [0.29, 0.717) is 6.42 Å². The van der Waals surface area contributed by atoms with Crippen LogP contribution in [-0.2, 0) is 16.6 Å². The van der Waals surface area contributed by atoms with Crippen LogP contribution in [0, 0.1) is 5.92 Å². The lowest BCUT2D eigenvalue weighted by Crippen LogP contribution is -2.34. The minimum absolute atomic E-state index is 0.0232. The van der Waals surface area contributed by atoms with E-state index >= 15 is 0 Å². The molecule has 0 unspecified atom stereocenters. The van der Waals surface area contributed by atoms with Crippen molar-refractivity contribution >= 4 is 11.6 Å². The number of hydrogen-bond donors (Lipinski definition) is 1. The number of carbonyl (C=O) groups is 1. The molecule has 2 atom stereocenters. The largest absolute Gasteiger partial charge is 0.371 e. The van der Waals surface area contributed by atoms with E-state index in [9.17, 15) is 4.79 Å². The van der Waals surface area contributed by atoms with Crippen LogP contribution >= 0.6 is 0 Å². The van der Waals surface area contributed by atoms with E-state index in [4.69, 9.17) is 0 Å². The van der Waals surface area contributed by atoms with Crippen molar-refractivity contribution in [3.63, 3.8) is 0 Å². The number of benzene rings is 2. The molecule has 3 rings (SSSR count). The molecule has 3 heteroatoms. The molecule has 0 aromatic heterocycles. The summed E-state index contributed by atoms with van der Waals surface area (Å²) in [6.07, 6.45) is 3.89. The molecule has 0 radical (unpaired) electrons. The summed E-state index contributed by atoms with van der Waals surface area (Å²) >= 11 is 0. The summed E-state index contributed by atoms with van der Waals surface area (Å²) in [6.45, 7) is 13.3. The van der Waals surface area contributed by atoms with Gasteiger partial charge in [0.15, 0.2) is 0 Å². The highest BCUT2D eigenvalue weighted by Crippen LogP contribution is 2.25. The van der Waals surface area contributed by atoms with Crippen molar-refractivity contribution in [3.8, 4) is 0 Å². The van der Waals surface area contributed by atoms with Crippen LogP contribution in [0.3, 0.4) is 0 Å². The van der Waals surface area contributed by atoms with Crippen LogP contribution in [0.15, 0.2) is 48.5 Å². The Morgan fingerprint density at radius 3 is 2.37 bits per heavy atom. The standard InChI is InChI=1S/C27H38N2O/c1-20-7-6-18-29(19-20)25-15-11-23(12-16-25)21(2)28-26(30)17-10-22-8-13-24(14-9-22)27(3,4)5/h8-9,11-16,20-21H,6-7,10,17-19H2,1-5H3,(H,28,30)/t20-,21+/m1/s1. The van der Waals surface area contributed by atoms with Gasteiger partial charge in [-0.25, -0.2) is 0 Å². The molecule has 162 valence electrons. The van der Waals surface area contributed by atoms with Crippen LogP contribution in [0.5, 0.6) is 0 Å². The summed E-state index contributed by atoms with van der Waals surface area (Å²) in [7, 11) is 0. The van der Waals surface area contributed by atoms with Gasteiger partial charge < -0.3 is 10.2 Å². The normalized spacial score (nSPS) is 18.2. The lowest BCUT2D eigenvalue weighted by atomic mass is 9.86. The maximum Gasteiger partial charge on any atom is 0.220 e. The molecule has 2 aromatic rings. The molecule has 1 saturated heterocycles. The Balaban J connectivity index is 1.49. The molecule has 30 heavy (non-hydrogen) atoms. The molecule has 1 aliphatic rings. The Labute approximate surface area is 182 Å². The summed E-state index contributed by atoms with van der Waals surface area (Å²) in [6, 6.07) is 17.4. The quantitative estimate of drug-likeness (QED) is 0.635. The van der Waals surface area contributed by atoms with Crippen LogP contribution in [0.4, 0.5) is 5.69 Å². The van der Waals surface area contributed by atoms with Gasteiger partial charge in [0.05, 0.1) is 6.04 Å². The second-order valence-corrected chi connectivity index (χ2v) is 10.0. The topological polar surface area (TPSA) is 32.3 Å². The molecule has 0 bridgehead atoms. The monoisotopic (exact) mass is 406 g/mol. The number of aryl methyl sites for hydroxylation is 1. The van der Waals surface area contributed by atoms with Crippen molar-refractivity contribution in [2.45, 2.75) is 71.8 Å². The highest BCUT2D eigenvalue weighted by atomic mass is 16.1. The van der Waals surface area contributed by atoms with E-state index < -0.39 is 0 Å². The van der Waals surface area contributed by atoms with Gasteiger partial charge in [0.25, 0.3) is 0 Å². The lowest BCUT2D eigenvalue weighted by molar-refractivity contribution is -0.121. The van der Waals surface area contributed by atoms with Gasteiger partial charge >= 0.3 is 0 Å². The predicted molar refractivity (Wildman–Crippen MR) is 127 cm³/mol. The average molecular weight is 407 g/mol. The van der Waals surface area contributed by atoms with E-state index in [-0.39, 0.29) is 17.4 Å². The Kier molecular flexibility index (Phi) is 7.23. The van der Waals surface area contributed by atoms with E-state index in [1.54, 1.807) is 0 Å². The Bertz CT molecular complexity index is 817. The number of rotatable bonds is 6. The van der Waals surface area contributed by atoms with Gasteiger partial charge in [-0.15, -0.1) is 0 Å². The molecule has 1 aliphatic heterocycles. The maximum atomic E-state index is 12.5. The summed E-state index contributed by atoms with van der Waals surface area (Å²) < 4.78 is 0. The number of piperidine rings is 1. The minimum atomic E-state index is 0.0232. The van der Waals surface area contributed by atoms with Crippen LogP contribution in [0.25, 0.3) is 0 Å². The predicted octanol–water partition coefficient (Wildman–Crippen LogP) is 6.03. The van der Waals surface area contributed by atoms with Gasteiger partial charge in [-0.3, -0.25) is 4.79 Å². The van der Waals surface area contributed by atoms with Gasteiger partial charge in [0, 0.05) is 25.2 Å². The molecule has 2 aromatic carbocycles. The number of nitrogens with zero attached hydrogens (tertiary/aromatic N) is 1. The summed E-state index contributed by atoms with van der Waals surface area (Å²) in [5.74, 6) is 0.873. The number of hydrogen-bond acceptors (Lipinski definition) is 2. The SMILES string of the molecule is C[C@@H]1CCCN(c2ccc([C@H](C)NC(=O)CCc3ccc(C(C)(C)C)cc3)cc2)C1. The van der Waals surface area contributed by atoms with Crippen LogP contribution in [-0.4, -0.2) is 19.0 Å². The van der Waals surface area contributed by atoms with Crippen molar-refractivity contribution in [2.24, 2.45) is 5.92 Å². The first-order chi connectivity index (χ1) is 14.2. The zero-order chi connectivity index (χ0) is 21.7. The van der Waals surface area contributed by atoms with E-state index in [0.717, 1.165) is 31.0 Å². The Morgan fingerprint density at radius 1 is 1.10 bits per heavy atom. The van der Waals surface area contributed by atoms with Crippen LogP contribution < -0.4 is 10.2 Å². The molecule has 1 heterocycles. The minimum Gasteiger partial charge on any atom is -0.371 e. The zero-order valence-electron chi connectivity index (χ0n) is 19.4. The molecular formula is C27H38N2O. The third kappa shape index (κ3) is 6.10. The molecular weight excluding hydrogens is 368 g/mol. The van der Waals surface area contributed by atoms with Gasteiger partial charge in [0.1, 0.15) is 0 Å². The second kappa shape index (κ2) is 9.68. The van der Waals surface area contributed by atoms with Gasteiger partial charge in [-0.1, -0.05) is 64.1 Å². The van der Waals surface area contributed by atoms with E-state index in [1.807, 2.05) is 0 Å². The molecule has 1 amide bonds. The molecule has 0 aliphatic carbocycles. The Morgan fingerprint density at radius 2 is 1.77 bits per heavy atom. The highest BCUT2D eigenvalue weighted by molar-refractivity contribution is 5.76. The summed E-state index contributed by atoms with van der Waals surface area (Å²) in [5, 5.41) is 3.16. The van der Waals surface area contributed by atoms with Gasteiger partial charge in [0.2, 0.25) is 5.91 Å². The molecule has 1 fully saturated rings. The Hall–Kier alpha value is -2.29. The second-order valence-electron chi connectivity index (χ2n) is 10.0. The van der Waals surface area contributed by atoms with Crippen molar-refractivity contribution < 1.29 is 4.79 Å².